The van der Waals surface area contributed by atoms with E-state index in [9.17, 15) is 19.1 Å². The molecular weight excluding hydrogens is 479 g/mol. The predicted molar refractivity (Wildman–Crippen MR) is 128 cm³/mol. The molecule has 7 nitrogen and oxygen atoms in total. The van der Waals surface area contributed by atoms with Crippen molar-refractivity contribution in [2.45, 2.75) is 6.04 Å². The molecule has 0 saturated heterocycles. The number of aliphatic hydroxyl groups is 1. The Hall–Kier alpha value is -3.76. The Labute approximate surface area is 201 Å². The fourth-order valence-electron chi connectivity index (χ4n) is 3.91. The first kappa shape index (κ1) is 22.1. The lowest BCUT2D eigenvalue weighted by Crippen LogP contribution is -2.31. The summed E-state index contributed by atoms with van der Waals surface area (Å²) in [6, 6.07) is 11.4. The van der Waals surface area contributed by atoms with Crippen molar-refractivity contribution in [3.63, 3.8) is 0 Å². The molecule has 4 aromatic rings. The molecule has 34 heavy (non-hydrogen) atoms. The van der Waals surface area contributed by atoms with E-state index in [0.717, 1.165) is 11.3 Å². The van der Waals surface area contributed by atoms with Crippen molar-refractivity contribution >= 4 is 49.7 Å². The van der Waals surface area contributed by atoms with Gasteiger partial charge in [0.1, 0.15) is 23.4 Å². The third-order valence-electron chi connectivity index (χ3n) is 5.47. The van der Waals surface area contributed by atoms with Gasteiger partial charge in [-0.15, -0.1) is 11.3 Å². The molecule has 1 amide bonds. The average Bonchev–Trinajstić information content (AvgIpc) is 3.57. The Kier molecular flexibility index (Phi) is 5.54. The van der Waals surface area contributed by atoms with Crippen LogP contribution in [0.3, 0.4) is 0 Å². The summed E-state index contributed by atoms with van der Waals surface area (Å²) in [4.78, 5) is 32.9. The van der Waals surface area contributed by atoms with E-state index in [1.165, 1.54) is 48.7 Å². The maximum atomic E-state index is 13.8. The summed E-state index contributed by atoms with van der Waals surface area (Å²) >= 11 is 2.29. The first-order valence-electron chi connectivity index (χ1n) is 10.1. The fraction of sp³-hybridized carbons (Fsp3) is 0.125. The Morgan fingerprint density at radius 3 is 2.68 bits per heavy atom. The number of carbonyl (C=O) groups is 2. The number of nitrogens with zero attached hydrogens (tertiary/aromatic N) is 2. The number of halogens is 1. The van der Waals surface area contributed by atoms with Crippen molar-refractivity contribution < 1.29 is 28.6 Å². The largest absolute Gasteiger partial charge is 0.503 e. The van der Waals surface area contributed by atoms with Crippen LogP contribution in [-0.2, 0) is 4.79 Å². The highest BCUT2D eigenvalue weighted by Gasteiger charge is 2.47. The summed E-state index contributed by atoms with van der Waals surface area (Å²) in [7, 11) is 2.97. The van der Waals surface area contributed by atoms with Gasteiger partial charge in [0.25, 0.3) is 5.91 Å². The zero-order valence-electron chi connectivity index (χ0n) is 17.9. The fourth-order valence-corrected chi connectivity index (χ4v) is 5.61. The van der Waals surface area contributed by atoms with E-state index in [1.807, 2.05) is 0 Å². The van der Waals surface area contributed by atoms with Crippen molar-refractivity contribution in [3.8, 4) is 11.5 Å². The second-order valence-corrected chi connectivity index (χ2v) is 9.32. The number of methoxy groups -OCH3 is 2. The molecule has 2 aromatic carbocycles. The van der Waals surface area contributed by atoms with Crippen LogP contribution in [-0.4, -0.2) is 36.0 Å². The van der Waals surface area contributed by atoms with Gasteiger partial charge in [0, 0.05) is 5.56 Å². The van der Waals surface area contributed by atoms with Crippen LogP contribution < -0.4 is 14.4 Å². The van der Waals surface area contributed by atoms with Crippen LogP contribution in [0.4, 0.5) is 9.52 Å². The first-order chi connectivity index (χ1) is 16.4. The Bertz CT molecular complexity index is 1460. The number of ether oxygens (including phenoxy) is 2. The van der Waals surface area contributed by atoms with Gasteiger partial charge in [0.05, 0.1) is 34.9 Å². The summed E-state index contributed by atoms with van der Waals surface area (Å²) in [5.74, 6) is -1.50. The molecule has 0 spiro atoms. The van der Waals surface area contributed by atoms with Crippen molar-refractivity contribution in [2.24, 2.45) is 0 Å². The van der Waals surface area contributed by atoms with Crippen LogP contribution in [0, 0.1) is 5.82 Å². The van der Waals surface area contributed by atoms with Crippen LogP contribution in [0.2, 0.25) is 0 Å². The van der Waals surface area contributed by atoms with Gasteiger partial charge < -0.3 is 14.6 Å². The molecule has 0 aliphatic carbocycles. The number of hydrogen-bond acceptors (Lipinski definition) is 8. The number of thiophene rings is 1. The van der Waals surface area contributed by atoms with Gasteiger partial charge in [-0.1, -0.05) is 17.4 Å². The summed E-state index contributed by atoms with van der Waals surface area (Å²) < 4.78 is 25.2. The minimum atomic E-state index is -1.04. The number of anilines is 1. The molecule has 5 rings (SSSR count). The van der Waals surface area contributed by atoms with Gasteiger partial charge >= 0.3 is 0 Å². The predicted octanol–water partition coefficient (Wildman–Crippen LogP) is 5.30. The maximum Gasteiger partial charge on any atom is 0.296 e. The lowest BCUT2D eigenvalue weighted by Gasteiger charge is -2.26. The van der Waals surface area contributed by atoms with E-state index in [1.54, 1.807) is 35.7 Å². The Morgan fingerprint density at radius 2 is 1.97 bits per heavy atom. The van der Waals surface area contributed by atoms with Crippen molar-refractivity contribution in [3.05, 3.63) is 81.5 Å². The SMILES string of the molecule is COc1ccc(OC)c([C@H]2C(C(=O)c3cccs3)=C(O)C(=O)N2c2nc3ccc(F)cc3s2)c1. The molecule has 1 N–H and O–H groups in total. The van der Waals surface area contributed by atoms with Gasteiger partial charge in [-0.25, -0.2) is 9.37 Å². The first-order valence-corrected chi connectivity index (χ1v) is 11.8. The van der Waals surface area contributed by atoms with E-state index in [-0.39, 0.29) is 10.7 Å². The molecule has 10 heteroatoms. The summed E-state index contributed by atoms with van der Waals surface area (Å²) in [5.41, 5.74) is 0.831. The number of hydrogen-bond donors (Lipinski definition) is 1. The molecule has 0 saturated carbocycles. The second kappa shape index (κ2) is 8.54. The lowest BCUT2D eigenvalue weighted by molar-refractivity contribution is -0.117. The number of aliphatic hydroxyl groups excluding tert-OH is 1. The van der Waals surface area contributed by atoms with E-state index >= 15 is 0 Å². The minimum Gasteiger partial charge on any atom is -0.503 e. The van der Waals surface area contributed by atoms with Gasteiger partial charge in [-0.05, 0) is 47.8 Å². The molecule has 1 aliphatic rings. The van der Waals surface area contributed by atoms with E-state index in [2.05, 4.69) is 4.98 Å². The number of carbonyl (C=O) groups excluding carboxylic acids is 2. The number of fused-ring (bicyclic) bond motifs is 1. The monoisotopic (exact) mass is 496 g/mol. The second-order valence-electron chi connectivity index (χ2n) is 7.36. The number of rotatable bonds is 6. The van der Waals surface area contributed by atoms with Gasteiger partial charge in [0.2, 0.25) is 5.78 Å². The number of amides is 1. The average molecular weight is 497 g/mol. The van der Waals surface area contributed by atoms with E-state index in [0.29, 0.717) is 32.2 Å². The zero-order valence-corrected chi connectivity index (χ0v) is 19.6. The quantitative estimate of drug-likeness (QED) is 0.365. The van der Waals surface area contributed by atoms with Crippen LogP contribution in [0.1, 0.15) is 21.3 Å². The Morgan fingerprint density at radius 1 is 1.15 bits per heavy atom. The number of benzene rings is 2. The van der Waals surface area contributed by atoms with E-state index < -0.39 is 29.3 Å². The normalized spacial score (nSPS) is 15.9. The topological polar surface area (TPSA) is 89.0 Å². The maximum absolute atomic E-state index is 13.8. The third-order valence-corrected chi connectivity index (χ3v) is 7.36. The van der Waals surface area contributed by atoms with Gasteiger partial charge in [0.15, 0.2) is 10.9 Å². The molecule has 3 heterocycles. The smallest absolute Gasteiger partial charge is 0.296 e. The molecule has 2 aromatic heterocycles. The van der Waals surface area contributed by atoms with Gasteiger partial charge in [-0.3, -0.25) is 14.5 Å². The van der Waals surface area contributed by atoms with Crippen molar-refractivity contribution in [1.82, 2.24) is 4.98 Å². The molecule has 1 aliphatic heterocycles. The van der Waals surface area contributed by atoms with Crippen LogP contribution in [0.25, 0.3) is 10.2 Å². The van der Waals surface area contributed by atoms with Crippen molar-refractivity contribution in [1.29, 1.82) is 0 Å². The van der Waals surface area contributed by atoms with Crippen molar-refractivity contribution in [2.75, 3.05) is 19.1 Å². The molecule has 172 valence electrons. The summed E-state index contributed by atoms with van der Waals surface area (Å²) in [6.45, 7) is 0. The number of ketones is 1. The molecule has 1 atom stereocenters. The molecule has 0 radical (unpaired) electrons. The van der Waals surface area contributed by atoms with Crippen LogP contribution >= 0.6 is 22.7 Å². The number of Topliss-reactive ketones (excluding diaryl/α,β-unsaturated/α-hetero) is 1. The highest BCUT2D eigenvalue weighted by Crippen LogP contribution is 2.47. The van der Waals surface area contributed by atoms with E-state index in [4.69, 9.17) is 9.47 Å². The molecule has 0 unspecified atom stereocenters. The van der Waals surface area contributed by atoms with Gasteiger partial charge in [-0.2, -0.15) is 0 Å². The Balaban J connectivity index is 1.74. The van der Waals surface area contributed by atoms with Crippen LogP contribution in [0.5, 0.6) is 11.5 Å². The highest BCUT2D eigenvalue weighted by atomic mass is 32.1. The molecular formula is C24H17FN2O5S2. The molecule has 0 fully saturated rings. The van der Waals surface area contributed by atoms with Crippen LogP contribution in [0.15, 0.2) is 65.2 Å². The summed E-state index contributed by atoms with van der Waals surface area (Å²) in [6.07, 6.45) is 0. The summed E-state index contributed by atoms with van der Waals surface area (Å²) in [5, 5.41) is 12.9. The number of thiazole rings is 1. The lowest BCUT2D eigenvalue weighted by atomic mass is 9.94. The number of aromatic nitrogens is 1. The molecule has 0 bridgehead atoms. The third kappa shape index (κ3) is 3.51. The minimum absolute atomic E-state index is 0.0931. The highest BCUT2D eigenvalue weighted by molar-refractivity contribution is 7.22. The zero-order chi connectivity index (χ0) is 24.0. The standard InChI is InChI=1S/C24H17FN2O5S2/c1-31-13-6-8-16(32-2)14(11-13)20-19(21(28)17-4-3-9-33-17)22(29)23(30)27(20)24-26-15-7-5-12(25)10-18(15)34-24/h3-11,20,29H,1-2H3/t20-/m0/s1.